The van der Waals surface area contributed by atoms with Crippen LogP contribution in [0.25, 0.3) is 11.5 Å². The number of benzene rings is 2. The van der Waals surface area contributed by atoms with Gasteiger partial charge in [0.25, 0.3) is 5.89 Å². The number of aromatic nitrogens is 4. The van der Waals surface area contributed by atoms with Crippen LogP contribution in [0.4, 0.5) is 22.2 Å². The number of carbonyl (C=O) groups excluding carboxylic acids is 2. The lowest BCUT2D eigenvalue weighted by atomic mass is 9.95. The third-order valence-electron chi connectivity index (χ3n) is 6.23. The number of cyclic esters (lactones) is 1. The van der Waals surface area contributed by atoms with Gasteiger partial charge in [-0.05, 0) is 58.4 Å². The Kier molecular flexibility index (Phi) is 7.31. The molecule has 1 aliphatic rings. The molecular weight excluding hydrogens is 526 g/mol. The van der Waals surface area contributed by atoms with E-state index in [-0.39, 0.29) is 24.4 Å². The van der Waals surface area contributed by atoms with Crippen LogP contribution < -0.4 is 16.0 Å². The second-order valence-electron chi connectivity index (χ2n) is 11.0. The summed E-state index contributed by atoms with van der Waals surface area (Å²) in [5, 5.41) is 17.2. The van der Waals surface area contributed by atoms with Crippen LogP contribution in [0.5, 0.6) is 0 Å². The lowest BCUT2D eigenvalue weighted by molar-refractivity contribution is 0.00951. The van der Waals surface area contributed by atoms with E-state index >= 15 is 0 Å². The molecule has 0 radical (unpaired) electrons. The zero-order valence-corrected chi connectivity index (χ0v) is 23.4. The van der Waals surface area contributed by atoms with Crippen molar-refractivity contribution in [3.05, 3.63) is 77.8 Å². The highest BCUT2D eigenvalue weighted by atomic mass is 16.6. The Bertz CT molecular complexity index is 1550. The summed E-state index contributed by atoms with van der Waals surface area (Å²) in [7, 11) is 0. The van der Waals surface area contributed by atoms with Crippen LogP contribution in [0.1, 0.15) is 62.1 Å². The van der Waals surface area contributed by atoms with E-state index in [1.54, 1.807) is 39.1 Å². The highest BCUT2D eigenvalue weighted by molar-refractivity contribution is 5.95. The van der Waals surface area contributed by atoms with E-state index in [2.05, 4.69) is 31.1 Å². The maximum atomic E-state index is 12.4. The summed E-state index contributed by atoms with van der Waals surface area (Å²) in [6, 6.07) is 14.5. The van der Waals surface area contributed by atoms with E-state index < -0.39 is 23.3 Å². The van der Waals surface area contributed by atoms with Crippen molar-refractivity contribution in [3.8, 4) is 11.5 Å². The smallest absolute Gasteiger partial charge is 0.407 e. The lowest BCUT2D eigenvalue weighted by Crippen LogP contribution is -2.36. The SMILES string of the molecule is CC(C)(C)OC(=O)NC[C@@H](Nc1nc(Nc2ccc3c(c2)C(C)(C)OC3=O)ncc1-c1nnco1)c1ccccc1. The normalized spacial score (nSPS) is 14.5. The molecule has 0 unspecified atom stereocenters. The van der Waals surface area contributed by atoms with Crippen LogP contribution >= 0.6 is 0 Å². The summed E-state index contributed by atoms with van der Waals surface area (Å²) < 4.78 is 16.3. The molecule has 2 aromatic heterocycles. The molecule has 5 rings (SSSR count). The maximum absolute atomic E-state index is 12.4. The standard InChI is InChI=1S/C29H31N7O5/c1-28(2,3)41-27(38)31-15-22(17-9-7-6-8-10-17)34-23-20(24-36-32-16-39-24)14-30-26(35-23)33-18-11-12-19-21(13-18)29(4,5)40-25(19)37/h6-14,16,22H,15H2,1-5H3,(H,31,38)(H2,30,33,34,35)/t22-/m1/s1. The molecule has 41 heavy (non-hydrogen) atoms. The lowest BCUT2D eigenvalue weighted by Gasteiger charge is -2.24. The van der Waals surface area contributed by atoms with E-state index in [0.717, 1.165) is 11.1 Å². The molecule has 12 heteroatoms. The van der Waals surface area contributed by atoms with Crippen molar-refractivity contribution in [2.45, 2.75) is 51.9 Å². The summed E-state index contributed by atoms with van der Waals surface area (Å²) in [6.45, 7) is 9.29. The summed E-state index contributed by atoms with van der Waals surface area (Å²) in [5.74, 6) is 0.549. The molecule has 2 aromatic carbocycles. The van der Waals surface area contributed by atoms with Crippen LogP contribution in [0.2, 0.25) is 0 Å². The molecule has 1 atom stereocenters. The third kappa shape index (κ3) is 6.43. The van der Waals surface area contributed by atoms with Crippen molar-refractivity contribution in [1.29, 1.82) is 0 Å². The van der Waals surface area contributed by atoms with Crippen molar-refractivity contribution in [3.63, 3.8) is 0 Å². The molecule has 3 N–H and O–H groups in total. The molecule has 212 valence electrons. The molecule has 0 saturated carbocycles. The van der Waals surface area contributed by atoms with Gasteiger partial charge in [-0.25, -0.2) is 14.6 Å². The quantitative estimate of drug-likeness (QED) is 0.240. The number of carbonyl (C=O) groups is 2. The predicted octanol–water partition coefficient (Wildman–Crippen LogP) is 5.35. The van der Waals surface area contributed by atoms with E-state index in [9.17, 15) is 9.59 Å². The second kappa shape index (κ2) is 10.9. The van der Waals surface area contributed by atoms with Gasteiger partial charge < -0.3 is 29.8 Å². The molecule has 1 amide bonds. The summed E-state index contributed by atoms with van der Waals surface area (Å²) in [5.41, 5.74) is 1.97. The van der Waals surface area contributed by atoms with E-state index in [1.807, 2.05) is 50.2 Å². The number of ether oxygens (including phenoxy) is 2. The Morgan fingerprint density at radius 2 is 1.88 bits per heavy atom. The first-order valence-electron chi connectivity index (χ1n) is 13.1. The Morgan fingerprint density at radius 1 is 1.10 bits per heavy atom. The topological polar surface area (TPSA) is 153 Å². The molecule has 3 heterocycles. The summed E-state index contributed by atoms with van der Waals surface area (Å²) in [6.07, 6.45) is 2.25. The molecule has 12 nitrogen and oxygen atoms in total. The summed E-state index contributed by atoms with van der Waals surface area (Å²) in [4.78, 5) is 33.8. The number of alkyl carbamates (subject to hydrolysis) is 1. The second-order valence-corrected chi connectivity index (χ2v) is 11.0. The number of amides is 1. The molecular formula is C29H31N7O5. The number of hydrogen-bond donors (Lipinski definition) is 3. The fraction of sp³-hybridized carbons (Fsp3) is 0.310. The van der Waals surface area contributed by atoms with Gasteiger partial charge in [-0.15, -0.1) is 10.2 Å². The Labute approximate surface area is 236 Å². The Balaban J connectivity index is 1.45. The molecule has 0 spiro atoms. The van der Waals surface area contributed by atoms with Crippen molar-refractivity contribution in [2.24, 2.45) is 0 Å². The van der Waals surface area contributed by atoms with Crippen molar-refractivity contribution >= 4 is 29.5 Å². The van der Waals surface area contributed by atoms with Crippen LogP contribution in [-0.2, 0) is 15.1 Å². The highest BCUT2D eigenvalue weighted by Gasteiger charge is 2.37. The number of nitrogens with zero attached hydrogens (tertiary/aromatic N) is 4. The first-order valence-corrected chi connectivity index (χ1v) is 13.1. The van der Waals surface area contributed by atoms with E-state index in [0.29, 0.717) is 22.6 Å². The zero-order valence-electron chi connectivity index (χ0n) is 23.4. The van der Waals surface area contributed by atoms with Gasteiger partial charge >= 0.3 is 12.1 Å². The van der Waals surface area contributed by atoms with Crippen LogP contribution in [0.3, 0.4) is 0 Å². The van der Waals surface area contributed by atoms with Crippen LogP contribution in [0.15, 0.2) is 65.5 Å². The van der Waals surface area contributed by atoms with Gasteiger partial charge in [-0.3, -0.25) is 0 Å². The fourth-order valence-corrected chi connectivity index (χ4v) is 4.37. The van der Waals surface area contributed by atoms with Crippen molar-refractivity contribution in [2.75, 3.05) is 17.2 Å². The van der Waals surface area contributed by atoms with Gasteiger partial charge in [-0.1, -0.05) is 30.3 Å². The average Bonchev–Trinajstić information content (AvgIpc) is 3.52. The van der Waals surface area contributed by atoms with Gasteiger partial charge in [0.15, 0.2) is 0 Å². The maximum Gasteiger partial charge on any atom is 0.407 e. The monoisotopic (exact) mass is 557 g/mol. The number of rotatable bonds is 8. The number of fused-ring (bicyclic) bond motifs is 1. The number of anilines is 3. The van der Waals surface area contributed by atoms with Crippen LogP contribution in [0, 0.1) is 0 Å². The molecule has 0 saturated heterocycles. The Morgan fingerprint density at radius 3 is 2.59 bits per heavy atom. The minimum Gasteiger partial charge on any atom is -0.451 e. The number of nitrogens with one attached hydrogen (secondary N) is 3. The minimum absolute atomic E-state index is 0.197. The largest absolute Gasteiger partial charge is 0.451 e. The highest BCUT2D eigenvalue weighted by Crippen LogP contribution is 2.38. The first-order chi connectivity index (χ1) is 19.5. The van der Waals surface area contributed by atoms with Crippen molar-refractivity contribution < 1.29 is 23.5 Å². The van der Waals surface area contributed by atoms with Gasteiger partial charge in [0.2, 0.25) is 12.3 Å². The minimum atomic E-state index is -0.746. The molecule has 1 aliphatic heterocycles. The summed E-state index contributed by atoms with van der Waals surface area (Å²) >= 11 is 0. The van der Waals surface area contributed by atoms with Gasteiger partial charge in [0.05, 0.1) is 17.2 Å². The fourth-order valence-electron chi connectivity index (χ4n) is 4.37. The molecule has 0 fully saturated rings. The van der Waals surface area contributed by atoms with Crippen LogP contribution in [-0.4, -0.2) is 44.4 Å². The van der Waals surface area contributed by atoms with E-state index in [4.69, 9.17) is 18.9 Å². The number of esters is 1. The van der Waals surface area contributed by atoms with Gasteiger partial charge in [0, 0.05) is 24.0 Å². The van der Waals surface area contributed by atoms with Gasteiger partial charge in [-0.2, -0.15) is 4.98 Å². The molecule has 4 aromatic rings. The zero-order chi connectivity index (χ0) is 29.2. The van der Waals surface area contributed by atoms with Crippen molar-refractivity contribution in [1.82, 2.24) is 25.5 Å². The van der Waals surface area contributed by atoms with E-state index in [1.165, 1.54) is 6.39 Å². The molecule has 0 bridgehead atoms. The Hall–Kier alpha value is -5.00. The van der Waals surface area contributed by atoms with Gasteiger partial charge in [0.1, 0.15) is 17.0 Å². The predicted molar refractivity (Wildman–Crippen MR) is 151 cm³/mol. The third-order valence-corrected chi connectivity index (χ3v) is 6.23. The number of hydrogen-bond acceptors (Lipinski definition) is 11. The molecule has 0 aliphatic carbocycles. The average molecular weight is 558 g/mol. The first kappa shape index (κ1) is 27.6.